The van der Waals surface area contributed by atoms with Gasteiger partial charge >= 0.3 is 5.97 Å². The van der Waals surface area contributed by atoms with E-state index in [2.05, 4.69) is 25.6 Å². The summed E-state index contributed by atoms with van der Waals surface area (Å²) in [5.41, 5.74) is 10.5. The number of aryl methyl sites for hydroxylation is 1. The SMILES string of the molecule is Cc1ccc2cccc(Nc3ncnc(Nc4ccc(C(=O)OCC(C)C)cc4)c3N)c2n1. The fourth-order valence-corrected chi connectivity index (χ4v) is 3.22. The van der Waals surface area contributed by atoms with Crippen molar-refractivity contribution in [3.05, 3.63) is 72.2 Å². The second-order valence-electron chi connectivity index (χ2n) is 8.13. The van der Waals surface area contributed by atoms with E-state index in [0.29, 0.717) is 29.5 Å². The van der Waals surface area contributed by atoms with E-state index in [1.807, 2.05) is 51.1 Å². The summed E-state index contributed by atoms with van der Waals surface area (Å²) in [6.45, 7) is 6.32. The molecule has 33 heavy (non-hydrogen) atoms. The molecule has 4 rings (SSSR count). The summed E-state index contributed by atoms with van der Waals surface area (Å²) >= 11 is 0. The Morgan fingerprint density at radius 1 is 1.00 bits per heavy atom. The number of nitrogens with zero attached hydrogens (tertiary/aromatic N) is 3. The number of hydrogen-bond acceptors (Lipinski definition) is 8. The molecule has 0 aliphatic heterocycles. The van der Waals surface area contributed by atoms with Crippen molar-refractivity contribution in [3.63, 3.8) is 0 Å². The molecule has 0 unspecified atom stereocenters. The molecule has 0 spiro atoms. The fourth-order valence-electron chi connectivity index (χ4n) is 3.22. The number of nitrogens with one attached hydrogen (secondary N) is 2. The molecule has 4 N–H and O–H groups in total. The van der Waals surface area contributed by atoms with Crippen molar-refractivity contribution in [2.24, 2.45) is 5.92 Å². The minimum atomic E-state index is -0.345. The van der Waals surface area contributed by atoms with Crippen LogP contribution in [0.4, 0.5) is 28.7 Å². The van der Waals surface area contributed by atoms with Crippen molar-refractivity contribution < 1.29 is 9.53 Å². The number of carbonyl (C=O) groups is 1. The quantitative estimate of drug-likeness (QED) is 0.334. The zero-order valence-corrected chi connectivity index (χ0v) is 18.8. The number of nitrogens with two attached hydrogens (primary N) is 1. The highest BCUT2D eigenvalue weighted by molar-refractivity contribution is 5.94. The molecule has 0 saturated heterocycles. The highest BCUT2D eigenvalue weighted by Gasteiger charge is 2.12. The number of esters is 1. The van der Waals surface area contributed by atoms with Crippen LogP contribution in [0.25, 0.3) is 10.9 Å². The molecule has 0 atom stereocenters. The Bertz CT molecular complexity index is 1290. The largest absolute Gasteiger partial charge is 0.462 e. The summed E-state index contributed by atoms with van der Waals surface area (Å²) in [5, 5.41) is 7.47. The van der Waals surface area contributed by atoms with Gasteiger partial charge < -0.3 is 21.1 Å². The van der Waals surface area contributed by atoms with Crippen LogP contribution in [0.2, 0.25) is 0 Å². The third-order valence-corrected chi connectivity index (χ3v) is 4.93. The number of ether oxygens (including phenoxy) is 1. The number of benzene rings is 2. The molecule has 0 radical (unpaired) electrons. The number of aromatic nitrogens is 3. The van der Waals surface area contributed by atoms with Crippen LogP contribution < -0.4 is 16.4 Å². The van der Waals surface area contributed by atoms with Crippen molar-refractivity contribution in [1.29, 1.82) is 0 Å². The number of nitrogen functional groups attached to an aromatic ring is 1. The van der Waals surface area contributed by atoms with Crippen molar-refractivity contribution in [1.82, 2.24) is 15.0 Å². The van der Waals surface area contributed by atoms with Gasteiger partial charge in [0.25, 0.3) is 0 Å². The van der Waals surface area contributed by atoms with E-state index in [1.54, 1.807) is 24.3 Å². The Labute approximate surface area is 192 Å². The summed E-state index contributed by atoms with van der Waals surface area (Å²) in [5.74, 6) is 0.860. The summed E-state index contributed by atoms with van der Waals surface area (Å²) in [6, 6.07) is 16.8. The maximum absolute atomic E-state index is 12.1. The Morgan fingerprint density at radius 2 is 1.73 bits per heavy atom. The number of carbonyl (C=O) groups excluding carboxylic acids is 1. The van der Waals surface area contributed by atoms with Crippen LogP contribution in [0.3, 0.4) is 0 Å². The molecule has 0 bridgehead atoms. The first-order valence-corrected chi connectivity index (χ1v) is 10.7. The van der Waals surface area contributed by atoms with Gasteiger partial charge in [-0.3, -0.25) is 4.98 Å². The minimum Gasteiger partial charge on any atom is -0.462 e. The third kappa shape index (κ3) is 5.17. The number of anilines is 5. The molecular formula is C25H26N6O2. The van der Waals surface area contributed by atoms with Crippen LogP contribution in [-0.4, -0.2) is 27.5 Å². The lowest BCUT2D eigenvalue weighted by Crippen LogP contribution is -2.10. The van der Waals surface area contributed by atoms with Gasteiger partial charge in [-0.2, -0.15) is 0 Å². The average molecular weight is 443 g/mol. The predicted molar refractivity (Wildman–Crippen MR) is 131 cm³/mol. The lowest BCUT2D eigenvalue weighted by atomic mass is 10.1. The van der Waals surface area contributed by atoms with E-state index in [0.717, 1.165) is 28.0 Å². The summed E-state index contributed by atoms with van der Waals surface area (Å²) < 4.78 is 5.26. The molecule has 8 nitrogen and oxygen atoms in total. The predicted octanol–water partition coefficient (Wildman–Crippen LogP) is 5.22. The molecule has 0 aliphatic rings. The summed E-state index contributed by atoms with van der Waals surface area (Å²) in [4.78, 5) is 25.3. The Hall–Kier alpha value is -4.20. The van der Waals surface area contributed by atoms with Gasteiger partial charge in [-0.25, -0.2) is 14.8 Å². The Balaban J connectivity index is 1.52. The van der Waals surface area contributed by atoms with Gasteiger partial charge in [0, 0.05) is 16.8 Å². The molecule has 0 amide bonds. The zero-order chi connectivity index (χ0) is 23.4. The number of pyridine rings is 1. The van der Waals surface area contributed by atoms with Crippen molar-refractivity contribution in [2.45, 2.75) is 20.8 Å². The van der Waals surface area contributed by atoms with Crippen LogP contribution in [-0.2, 0) is 4.74 Å². The van der Waals surface area contributed by atoms with Crippen LogP contribution in [0.5, 0.6) is 0 Å². The Kier molecular flexibility index (Phi) is 6.35. The lowest BCUT2D eigenvalue weighted by molar-refractivity contribution is 0.0459. The minimum absolute atomic E-state index is 0.284. The monoisotopic (exact) mass is 442 g/mol. The molecule has 0 fully saturated rings. The van der Waals surface area contributed by atoms with Gasteiger partial charge in [0.15, 0.2) is 11.6 Å². The normalized spacial score (nSPS) is 10.9. The first-order chi connectivity index (χ1) is 15.9. The van der Waals surface area contributed by atoms with Gasteiger partial charge in [0.05, 0.1) is 23.4 Å². The molecular weight excluding hydrogens is 416 g/mol. The maximum atomic E-state index is 12.1. The molecule has 2 aromatic heterocycles. The smallest absolute Gasteiger partial charge is 0.338 e. The molecule has 2 heterocycles. The number of rotatable bonds is 7. The van der Waals surface area contributed by atoms with Gasteiger partial charge in [-0.05, 0) is 49.2 Å². The van der Waals surface area contributed by atoms with E-state index in [4.69, 9.17) is 10.5 Å². The van der Waals surface area contributed by atoms with Gasteiger partial charge in [0.2, 0.25) is 0 Å². The van der Waals surface area contributed by atoms with Crippen LogP contribution in [0.1, 0.15) is 29.9 Å². The number of para-hydroxylation sites is 1. The second-order valence-corrected chi connectivity index (χ2v) is 8.13. The van der Waals surface area contributed by atoms with E-state index >= 15 is 0 Å². The van der Waals surface area contributed by atoms with E-state index in [1.165, 1.54) is 6.33 Å². The van der Waals surface area contributed by atoms with Crippen LogP contribution in [0, 0.1) is 12.8 Å². The van der Waals surface area contributed by atoms with Gasteiger partial charge in [-0.1, -0.05) is 32.0 Å². The average Bonchev–Trinajstić information content (AvgIpc) is 2.81. The molecule has 168 valence electrons. The van der Waals surface area contributed by atoms with E-state index in [-0.39, 0.29) is 11.9 Å². The summed E-state index contributed by atoms with van der Waals surface area (Å²) in [7, 11) is 0. The second kappa shape index (κ2) is 9.52. The summed E-state index contributed by atoms with van der Waals surface area (Å²) in [6.07, 6.45) is 1.43. The van der Waals surface area contributed by atoms with Gasteiger partial charge in [0.1, 0.15) is 12.0 Å². The topological polar surface area (TPSA) is 115 Å². The number of fused-ring (bicyclic) bond motifs is 1. The molecule has 0 saturated carbocycles. The lowest BCUT2D eigenvalue weighted by Gasteiger charge is -2.14. The first-order valence-electron chi connectivity index (χ1n) is 10.7. The zero-order valence-electron chi connectivity index (χ0n) is 18.8. The van der Waals surface area contributed by atoms with E-state index < -0.39 is 0 Å². The van der Waals surface area contributed by atoms with Crippen LogP contribution >= 0.6 is 0 Å². The molecule has 8 heteroatoms. The van der Waals surface area contributed by atoms with Crippen molar-refractivity contribution in [2.75, 3.05) is 23.0 Å². The van der Waals surface area contributed by atoms with Crippen molar-refractivity contribution >= 4 is 45.6 Å². The number of hydrogen-bond donors (Lipinski definition) is 3. The van der Waals surface area contributed by atoms with Crippen LogP contribution in [0.15, 0.2) is 60.9 Å². The molecule has 2 aromatic carbocycles. The molecule has 0 aliphatic carbocycles. The van der Waals surface area contributed by atoms with E-state index in [9.17, 15) is 4.79 Å². The first kappa shape index (κ1) is 22.0. The maximum Gasteiger partial charge on any atom is 0.338 e. The van der Waals surface area contributed by atoms with Gasteiger partial charge in [-0.15, -0.1) is 0 Å². The fraction of sp³-hybridized carbons (Fsp3) is 0.200. The Morgan fingerprint density at radius 3 is 2.45 bits per heavy atom. The highest BCUT2D eigenvalue weighted by atomic mass is 16.5. The third-order valence-electron chi connectivity index (χ3n) is 4.93. The standard InChI is InChI=1S/C25H26N6O2/c1-15(2)13-33-25(32)18-9-11-19(12-10-18)30-23-21(26)24(28-14-27-23)31-20-6-4-5-17-8-7-16(3)29-22(17)20/h4-12,14-15H,13,26H2,1-3H3,(H2,27,28,30,31). The van der Waals surface area contributed by atoms with Crippen molar-refractivity contribution in [3.8, 4) is 0 Å². The highest BCUT2D eigenvalue weighted by Crippen LogP contribution is 2.30. The molecule has 4 aromatic rings.